The molecule has 0 radical (unpaired) electrons. The maximum atomic E-state index is 12.3. The van der Waals surface area contributed by atoms with Gasteiger partial charge in [0.05, 0.1) is 18.1 Å². The van der Waals surface area contributed by atoms with Gasteiger partial charge < -0.3 is 15.0 Å². The number of ether oxygens (including phenoxy) is 1. The summed E-state index contributed by atoms with van der Waals surface area (Å²) >= 11 is 0. The quantitative estimate of drug-likeness (QED) is 0.710. The molecule has 2 aliphatic heterocycles. The number of nitrogens with zero attached hydrogens (tertiary/aromatic N) is 1. The SMILES string of the molecule is CC1(C)CN(C(=O)C2CCC(=O)NC2)CCO1. The van der Waals surface area contributed by atoms with Crippen molar-refractivity contribution in [3.8, 4) is 0 Å². The van der Waals surface area contributed by atoms with Crippen LogP contribution in [0.15, 0.2) is 0 Å². The Morgan fingerprint density at radius 2 is 2.29 bits per heavy atom. The fourth-order valence-electron chi connectivity index (χ4n) is 2.41. The summed E-state index contributed by atoms with van der Waals surface area (Å²) in [6.45, 7) is 6.36. The lowest BCUT2D eigenvalue weighted by Gasteiger charge is -2.40. The Balaban J connectivity index is 1.93. The van der Waals surface area contributed by atoms with Gasteiger partial charge in [-0.25, -0.2) is 0 Å². The van der Waals surface area contributed by atoms with Crippen molar-refractivity contribution in [2.75, 3.05) is 26.2 Å². The number of carbonyl (C=O) groups excluding carboxylic acids is 2. The number of piperidine rings is 1. The van der Waals surface area contributed by atoms with E-state index in [0.717, 1.165) is 0 Å². The molecule has 0 saturated carbocycles. The van der Waals surface area contributed by atoms with E-state index < -0.39 is 0 Å². The van der Waals surface area contributed by atoms with Crippen LogP contribution in [0.2, 0.25) is 0 Å². The first-order valence-corrected chi connectivity index (χ1v) is 6.17. The molecule has 0 spiro atoms. The maximum absolute atomic E-state index is 12.3. The molecule has 0 aromatic carbocycles. The molecular weight excluding hydrogens is 220 g/mol. The van der Waals surface area contributed by atoms with Gasteiger partial charge in [-0.1, -0.05) is 0 Å². The van der Waals surface area contributed by atoms with Crippen LogP contribution in [0.1, 0.15) is 26.7 Å². The summed E-state index contributed by atoms with van der Waals surface area (Å²) in [6, 6.07) is 0. The first-order chi connectivity index (χ1) is 7.98. The minimum atomic E-state index is -0.258. The molecule has 0 bridgehead atoms. The minimum Gasteiger partial charge on any atom is -0.372 e. The Labute approximate surface area is 101 Å². The van der Waals surface area contributed by atoms with Crippen LogP contribution in [0, 0.1) is 5.92 Å². The summed E-state index contributed by atoms with van der Waals surface area (Å²) in [7, 11) is 0. The van der Waals surface area contributed by atoms with Crippen molar-refractivity contribution < 1.29 is 14.3 Å². The third-order valence-electron chi connectivity index (χ3n) is 3.35. The molecule has 2 rings (SSSR count). The molecule has 2 fully saturated rings. The number of nitrogens with one attached hydrogen (secondary N) is 1. The van der Waals surface area contributed by atoms with E-state index in [0.29, 0.717) is 39.1 Å². The molecule has 5 nitrogen and oxygen atoms in total. The number of carbonyl (C=O) groups is 2. The average Bonchev–Trinajstić information content (AvgIpc) is 2.28. The molecule has 0 aliphatic carbocycles. The van der Waals surface area contributed by atoms with Crippen LogP contribution in [-0.4, -0.2) is 48.6 Å². The Kier molecular flexibility index (Phi) is 3.38. The number of amides is 2. The second-order valence-corrected chi connectivity index (χ2v) is 5.41. The standard InChI is InChI=1S/C12H20N2O3/c1-12(2)8-14(5-6-17-12)11(16)9-3-4-10(15)13-7-9/h9H,3-8H2,1-2H3,(H,13,15). The first-order valence-electron chi connectivity index (χ1n) is 6.17. The fourth-order valence-corrected chi connectivity index (χ4v) is 2.41. The van der Waals surface area contributed by atoms with Crippen molar-refractivity contribution in [2.45, 2.75) is 32.3 Å². The lowest BCUT2D eigenvalue weighted by molar-refractivity contribution is -0.151. The first kappa shape index (κ1) is 12.4. The van der Waals surface area contributed by atoms with Crippen LogP contribution in [0.3, 0.4) is 0 Å². The zero-order valence-corrected chi connectivity index (χ0v) is 10.5. The Bertz CT molecular complexity index is 318. The highest BCUT2D eigenvalue weighted by atomic mass is 16.5. The van der Waals surface area contributed by atoms with E-state index in [2.05, 4.69) is 5.32 Å². The van der Waals surface area contributed by atoms with E-state index in [1.54, 1.807) is 0 Å². The molecule has 17 heavy (non-hydrogen) atoms. The third kappa shape index (κ3) is 2.97. The van der Waals surface area contributed by atoms with Gasteiger partial charge in [-0.2, -0.15) is 0 Å². The summed E-state index contributed by atoms with van der Waals surface area (Å²) in [5, 5.41) is 2.76. The lowest BCUT2D eigenvalue weighted by Crippen LogP contribution is -2.54. The summed E-state index contributed by atoms with van der Waals surface area (Å²) in [6.07, 6.45) is 1.13. The van der Waals surface area contributed by atoms with Crippen molar-refractivity contribution in [3.63, 3.8) is 0 Å². The predicted octanol–water partition coefficient (Wildman–Crippen LogP) is 0.150. The molecule has 1 unspecified atom stereocenters. The molecule has 1 atom stereocenters. The van der Waals surface area contributed by atoms with Gasteiger partial charge in [0.2, 0.25) is 11.8 Å². The van der Waals surface area contributed by atoms with E-state index >= 15 is 0 Å². The fraction of sp³-hybridized carbons (Fsp3) is 0.833. The normalized spacial score (nSPS) is 28.7. The number of morpholine rings is 1. The number of hydrogen-bond acceptors (Lipinski definition) is 3. The molecule has 96 valence electrons. The van der Waals surface area contributed by atoms with Gasteiger partial charge in [-0.05, 0) is 20.3 Å². The molecular formula is C12H20N2O3. The molecule has 2 aliphatic rings. The second kappa shape index (κ2) is 4.64. The van der Waals surface area contributed by atoms with Crippen LogP contribution < -0.4 is 5.32 Å². The summed E-state index contributed by atoms with van der Waals surface area (Å²) in [4.78, 5) is 25.2. The van der Waals surface area contributed by atoms with Gasteiger partial charge in [-0.15, -0.1) is 0 Å². The molecule has 5 heteroatoms. The smallest absolute Gasteiger partial charge is 0.227 e. The van der Waals surface area contributed by atoms with E-state index in [1.807, 2.05) is 18.7 Å². The van der Waals surface area contributed by atoms with Gasteiger partial charge in [0.15, 0.2) is 0 Å². The van der Waals surface area contributed by atoms with Crippen molar-refractivity contribution in [2.24, 2.45) is 5.92 Å². The van der Waals surface area contributed by atoms with E-state index in [4.69, 9.17) is 4.74 Å². The predicted molar refractivity (Wildman–Crippen MR) is 62.3 cm³/mol. The third-order valence-corrected chi connectivity index (χ3v) is 3.35. The highest BCUT2D eigenvalue weighted by Gasteiger charge is 2.34. The largest absolute Gasteiger partial charge is 0.372 e. The zero-order chi connectivity index (χ0) is 12.5. The van der Waals surface area contributed by atoms with Gasteiger partial charge in [-0.3, -0.25) is 9.59 Å². The van der Waals surface area contributed by atoms with Crippen molar-refractivity contribution in [3.05, 3.63) is 0 Å². The second-order valence-electron chi connectivity index (χ2n) is 5.41. The zero-order valence-electron chi connectivity index (χ0n) is 10.5. The van der Waals surface area contributed by atoms with Crippen LogP contribution in [0.4, 0.5) is 0 Å². The highest BCUT2D eigenvalue weighted by molar-refractivity contribution is 5.83. The average molecular weight is 240 g/mol. The van der Waals surface area contributed by atoms with Gasteiger partial charge in [0, 0.05) is 26.1 Å². The molecule has 2 heterocycles. The molecule has 1 N–H and O–H groups in total. The highest BCUT2D eigenvalue weighted by Crippen LogP contribution is 2.20. The van der Waals surface area contributed by atoms with E-state index in [-0.39, 0.29) is 23.3 Å². The molecule has 2 saturated heterocycles. The van der Waals surface area contributed by atoms with Crippen LogP contribution in [0.25, 0.3) is 0 Å². The summed E-state index contributed by atoms with van der Waals surface area (Å²) in [5.41, 5.74) is -0.258. The Morgan fingerprint density at radius 3 is 2.88 bits per heavy atom. The van der Waals surface area contributed by atoms with Gasteiger partial charge >= 0.3 is 0 Å². The van der Waals surface area contributed by atoms with Crippen LogP contribution >= 0.6 is 0 Å². The lowest BCUT2D eigenvalue weighted by atomic mass is 9.96. The van der Waals surface area contributed by atoms with Crippen molar-refractivity contribution in [1.82, 2.24) is 10.2 Å². The van der Waals surface area contributed by atoms with Crippen LogP contribution in [0.5, 0.6) is 0 Å². The molecule has 2 amide bonds. The van der Waals surface area contributed by atoms with E-state index in [1.165, 1.54) is 0 Å². The van der Waals surface area contributed by atoms with Crippen molar-refractivity contribution in [1.29, 1.82) is 0 Å². The van der Waals surface area contributed by atoms with Gasteiger partial charge in [0.25, 0.3) is 0 Å². The number of hydrogen-bond donors (Lipinski definition) is 1. The van der Waals surface area contributed by atoms with Crippen LogP contribution in [-0.2, 0) is 14.3 Å². The summed E-state index contributed by atoms with van der Waals surface area (Å²) in [5.74, 6) is 0.152. The Morgan fingerprint density at radius 1 is 1.53 bits per heavy atom. The Hall–Kier alpha value is -1.10. The van der Waals surface area contributed by atoms with Crippen molar-refractivity contribution >= 4 is 11.8 Å². The number of rotatable bonds is 1. The monoisotopic (exact) mass is 240 g/mol. The minimum absolute atomic E-state index is 0.0522. The molecule has 0 aromatic rings. The summed E-state index contributed by atoms with van der Waals surface area (Å²) < 4.78 is 5.59. The molecule has 0 aromatic heterocycles. The maximum Gasteiger partial charge on any atom is 0.227 e. The topological polar surface area (TPSA) is 58.6 Å². The van der Waals surface area contributed by atoms with Gasteiger partial charge in [0.1, 0.15) is 0 Å². The van der Waals surface area contributed by atoms with E-state index in [9.17, 15) is 9.59 Å².